The number of hydrogen-bond donors (Lipinski definition) is 0. The van der Waals surface area contributed by atoms with E-state index in [1.54, 1.807) is 22.8 Å². The Hall–Kier alpha value is -1.14. The molecule has 0 unspecified atom stereocenters. The van der Waals surface area contributed by atoms with E-state index in [0.29, 0.717) is 22.5 Å². The van der Waals surface area contributed by atoms with E-state index in [1.165, 1.54) is 12.3 Å². The normalized spacial score (nSPS) is 11.8. The van der Waals surface area contributed by atoms with Gasteiger partial charge >= 0.3 is 0 Å². The highest BCUT2D eigenvalue weighted by atomic mass is 79.9. The van der Waals surface area contributed by atoms with Gasteiger partial charge in [0.25, 0.3) is 0 Å². The van der Waals surface area contributed by atoms with E-state index in [0.717, 1.165) is 17.5 Å². The molecule has 0 spiro atoms. The molecule has 1 aromatic carbocycles. The summed E-state index contributed by atoms with van der Waals surface area (Å²) in [6.07, 6.45) is 4.54. The molecule has 0 radical (unpaired) electrons. The van der Waals surface area contributed by atoms with Gasteiger partial charge in [0.2, 0.25) is 0 Å². The molecule has 2 rings (SSSR count). The summed E-state index contributed by atoms with van der Waals surface area (Å²) in [5.74, 6) is -0.282. The summed E-state index contributed by atoms with van der Waals surface area (Å²) >= 11 is 3.17. The van der Waals surface area contributed by atoms with E-state index < -0.39 is 9.84 Å². The summed E-state index contributed by atoms with van der Waals surface area (Å²) in [4.78, 5) is 0. The van der Waals surface area contributed by atoms with Gasteiger partial charge in [-0.3, -0.25) is 0 Å². The molecule has 0 fully saturated rings. The van der Waals surface area contributed by atoms with E-state index in [-0.39, 0.29) is 5.82 Å². The highest BCUT2D eigenvalue weighted by Gasteiger charge is 2.14. The number of sulfone groups is 1. The third-order valence-corrected chi connectivity index (χ3v) is 5.04. The zero-order valence-electron chi connectivity index (χ0n) is 11.9. The molecule has 0 amide bonds. The molecule has 0 aliphatic rings. The lowest BCUT2D eigenvalue weighted by molar-refractivity contribution is 0.583. The molecule has 1 aromatic heterocycles. The maximum Gasteiger partial charge on any atom is 0.190 e. The predicted molar refractivity (Wildman–Crippen MR) is 84.7 cm³/mol. The summed E-state index contributed by atoms with van der Waals surface area (Å²) in [6, 6.07) is 6.65. The maximum atomic E-state index is 13.2. The van der Waals surface area contributed by atoms with Gasteiger partial charge in [-0.05, 0) is 65.0 Å². The molecule has 1 heterocycles. The zero-order chi connectivity index (χ0) is 15.6. The minimum atomic E-state index is -3.21. The molecular formula is C15H17BrFNO2S. The molecule has 0 N–H and O–H groups in total. The van der Waals surface area contributed by atoms with Crippen LogP contribution in [0.2, 0.25) is 0 Å². The van der Waals surface area contributed by atoms with Crippen LogP contribution in [0, 0.1) is 5.82 Å². The van der Waals surface area contributed by atoms with Crippen molar-refractivity contribution in [3.8, 4) is 0 Å². The van der Waals surface area contributed by atoms with Crippen molar-refractivity contribution in [1.82, 2.24) is 4.57 Å². The second-order valence-corrected chi connectivity index (χ2v) is 7.81. The average Bonchev–Trinajstić information content (AvgIpc) is 2.83. The number of aryl methyl sites for hydroxylation is 3. The lowest BCUT2D eigenvalue weighted by atomic mass is 10.1. The van der Waals surface area contributed by atoms with Gasteiger partial charge in [-0.1, -0.05) is 6.07 Å². The Morgan fingerprint density at radius 2 is 1.86 bits per heavy atom. The Labute approximate surface area is 132 Å². The number of aromatic nitrogens is 1. The van der Waals surface area contributed by atoms with Gasteiger partial charge in [0.1, 0.15) is 10.8 Å². The third-order valence-electron chi connectivity index (χ3n) is 3.32. The summed E-state index contributed by atoms with van der Waals surface area (Å²) < 4.78 is 38.8. The fourth-order valence-electron chi connectivity index (χ4n) is 2.23. The van der Waals surface area contributed by atoms with E-state index in [1.807, 2.05) is 13.1 Å². The first-order valence-electron chi connectivity index (χ1n) is 6.64. The van der Waals surface area contributed by atoms with Crippen molar-refractivity contribution in [3.63, 3.8) is 0 Å². The summed E-state index contributed by atoms with van der Waals surface area (Å²) in [5.41, 5.74) is 1.98. The van der Waals surface area contributed by atoms with Crippen molar-refractivity contribution < 1.29 is 12.8 Å². The fourth-order valence-corrected chi connectivity index (χ4v) is 3.63. The van der Waals surface area contributed by atoms with Crippen LogP contribution in [0.3, 0.4) is 0 Å². The molecule has 21 heavy (non-hydrogen) atoms. The van der Waals surface area contributed by atoms with Crippen LogP contribution in [-0.4, -0.2) is 19.2 Å². The van der Waals surface area contributed by atoms with Gasteiger partial charge in [0.05, 0.1) is 4.47 Å². The second kappa shape index (κ2) is 6.32. The smallest absolute Gasteiger partial charge is 0.190 e. The number of halogens is 2. The molecule has 3 nitrogen and oxygen atoms in total. The number of hydrogen-bond acceptors (Lipinski definition) is 2. The topological polar surface area (TPSA) is 39.1 Å². The van der Waals surface area contributed by atoms with Crippen LogP contribution < -0.4 is 0 Å². The molecule has 0 aliphatic carbocycles. The molecular weight excluding hydrogens is 357 g/mol. The molecule has 6 heteroatoms. The van der Waals surface area contributed by atoms with Gasteiger partial charge in [0, 0.05) is 19.0 Å². The quantitative estimate of drug-likeness (QED) is 0.802. The Kier molecular flexibility index (Phi) is 4.88. The fraction of sp³-hybridized carbons (Fsp3) is 0.333. The summed E-state index contributed by atoms with van der Waals surface area (Å²) in [7, 11) is -3.21. The van der Waals surface area contributed by atoms with Gasteiger partial charge < -0.3 is 4.57 Å². The third kappa shape index (κ3) is 3.95. The molecule has 0 aliphatic heterocycles. The Bertz CT molecular complexity index is 753. The van der Waals surface area contributed by atoms with E-state index >= 15 is 0 Å². The van der Waals surface area contributed by atoms with Crippen LogP contribution in [0.15, 0.2) is 40.0 Å². The van der Waals surface area contributed by atoms with Crippen molar-refractivity contribution >= 4 is 25.8 Å². The van der Waals surface area contributed by atoms with Crippen molar-refractivity contribution in [2.45, 2.75) is 31.3 Å². The van der Waals surface area contributed by atoms with E-state index in [9.17, 15) is 12.8 Å². The average molecular weight is 374 g/mol. The van der Waals surface area contributed by atoms with Crippen LogP contribution >= 0.6 is 15.9 Å². The summed E-state index contributed by atoms with van der Waals surface area (Å²) in [5, 5.41) is 0.347. The van der Waals surface area contributed by atoms with Crippen molar-refractivity contribution in [2.24, 2.45) is 0 Å². The van der Waals surface area contributed by atoms with Gasteiger partial charge in [-0.2, -0.15) is 0 Å². The summed E-state index contributed by atoms with van der Waals surface area (Å²) in [6.45, 7) is 2.53. The predicted octanol–water partition coefficient (Wildman–Crippen LogP) is 3.60. The monoisotopic (exact) mass is 373 g/mol. The first-order valence-corrected chi connectivity index (χ1v) is 9.32. The molecule has 2 aromatic rings. The molecule has 114 valence electrons. The first kappa shape index (κ1) is 16.2. The zero-order valence-corrected chi connectivity index (χ0v) is 14.3. The Balaban J connectivity index is 2.17. The SMILES string of the molecule is CCn1cc(CCc2ccc(F)c(Br)c2)cc1S(C)(=O)=O. The standard InChI is InChI=1S/C15H17BrFNO2S/c1-3-18-10-12(9-15(18)21(2,19)20)5-4-11-6-7-14(17)13(16)8-11/h6-10H,3-5H2,1-2H3. The first-order chi connectivity index (χ1) is 9.81. The molecule has 0 saturated carbocycles. The lowest BCUT2D eigenvalue weighted by Crippen LogP contribution is -2.05. The van der Waals surface area contributed by atoms with Crippen molar-refractivity contribution in [3.05, 3.63) is 51.9 Å². The molecule has 0 atom stereocenters. The van der Waals surface area contributed by atoms with Crippen molar-refractivity contribution in [1.29, 1.82) is 0 Å². The minimum absolute atomic E-state index is 0.282. The van der Waals surface area contributed by atoms with E-state index in [2.05, 4.69) is 15.9 Å². The Morgan fingerprint density at radius 1 is 1.19 bits per heavy atom. The van der Waals surface area contributed by atoms with Gasteiger partial charge in [-0.25, -0.2) is 12.8 Å². The molecule has 0 saturated heterocycles. The number of benzene rings is 1. The van der Waals surface area contributed by atoms with Gasteiger partial charge in [-0.15, -0.1) is 0 Å². The van der Waals surface area contributed by atoms with Crippen LogP contribution in [0.4, 0.5) is 4.39 Å². The van der Waals surface area contributed by atoms with Crippen LogP contribution in [-0.2, 0) is 29.2 Å². The highest BCUT2D eigenvalue weighted by molar-refractivity contribution is 9.10. The maximum absolute atomic E-state index is 13.2. The van der Waals surface area contributed by atoms with Crippen molar-refractivity contribution in [2.75, 3.05) is 6.26 Å². The van der Waals surface area contributed by atoms with Crippen LogP contribution in [0.25, 0.3) is 0 Å². The van der Waals surface area contributed by atoms with E-state index in [4.69, 9.17) is 0 Å². The lowest BCUT2D eigenvalue weighted by Gasteiger charge is -2.02. The Morgan fingerprint density at radius 3 is 2.38 bits per heavy atom. The molecule has 0 bridgehead atoms. The van der Waals surface area contributed by atoms with Crippen LogP contribution in [0.1, 0.15) is 18.1 Å². The number of nitrogens with zero attached hydrogens (tertiary/aromatic N) is 1. The number of rotatable bonds is 5. The van der Waals surface area contributed by atoms with Gasteiger partial charge in [0.15, 0.2) is 9.84 Å². The second-order valence-electron chi connectivity index (χ2n) is 4.99. The highest BCUT2D eigenvalue weighted by Crippen LogP contribution is 2.20. The largest absolute Gasteiger partial charge is 0.339 e. The van der Waals surface area contributed by atoms with Crippen LogP contribution in [0.5, 0.6) is 0 Å². The minimum Gasteiger partial charge on any atom is -0.339 e.